The molecule has 3 aromatic carbocycles. The second kappa shape index (κ2) is 8.95. The van der Waals surface area contributed by atoms with Gasteiger partial charge in [0.05, 0.1) is 0 Å². The van der Waals surface area contributed by atoms with Crippen LogP contribution in [0.4, 0.5) is 22.0 Å². The van der Waals surface area contributed by atoms with E-state index in [1.54, 1.807) is 0 Å². The van der Waals surface area contributed by atoms with Gasteiger partial charge in [-0.25, -0.2) is 0 Å². The fourth-order valence-electron chi connectivity index (χ4n) is 2.21. The number of rotatable bonds is 5. The van der Waals surface area contributed by atoms with Gasteiger partial charge in [0.1, 0.15) is 0 Å². The maximum absolute atomic E-state index is 14.1. The molecule has 0 spiro atoms. The van der Waals surface area contributed by atoms with E-state index in [1.165, 1.54) is 48.5 Å². The summed E-state index contributed by atoms with van der Waals surface area (Å²) in [6.07, 6.45) is 0. The van der Waals surface area contributed by atoms with Gasteiger partial charge in [0, 0.05) is 0 Å². The van der Waals surface area contributed by atoms with Gasteiger partial charge in [-0.2, -0.15) is 0 Å². The monoisotopic (exact) mass is 596 g/mol. The third-order valence-corrected chi connectivity index (χ3v) is 11.4. The molecule has 160 valence electrons. The molecule has 0 heterocycles. The first kappa shape index (κ1) is 23.2. The molecule has 0 atom stereocenters. The second-order valence-electron chi connectivity index (χ2n) is 5.54. The van der Waals surface area contributed by atoms with E-state index in [1.807, 2.05) is 0 Å². The average molecular weight is 597 g/mol. The van der Waals surface area contributed by atoms with Crippen LogP contribution in [-0.2, 0) is 12.6 Å². The summed E-state index contributed by atoms with van der Waals surface area (Å²) in [6.45, 7) is 0. The second-order valence-corrected chi connectivity index (χ2v) is 12.8. The Bertz CT molecular complexity index is 1130. The summed E-state index contributed by atoms with van der Waals surface area (Å²) < 4.78 is 99.4. The summed E-state index contributed by atoms with van der Waals surface area (Å²) in [4.78, 5) is -2.05. The molecule has 3 aromatic rings. The van der Waals surface area contributed by atoms with E-state index in [0.29, 0.717) is 17.2 Å². The van der Waals surface area contributed by atoms with Gasteiger partial charge in [-0.3, -0.25) is 0 Å². The Morgan fingerprint density at radius 3 is 1.33 bits per heavy atom. The molecule has 0 saturated carbocycles. The molecule has 0 saturated heterocycles. The molecule has 0 unspecified atom stereocenters. The zero-order valence-electron chi connectivity index (χ0n) is 14.3. The number of halogens is 8. The molecule has 0 aliphatic heterocycles. The quantitative estimate of drug-likeness (QED) is 0.145. The zero-order valence-corrected chi connectivity index (χ0v) is 18.8. The van der Waals surface area contributed by atoms with Crippen LogP contribution in [0, 0.1) is 36.2 Å². The summed E-state index contributed by atoms with van der Waals surface area (Å²) >= 11 is 8.18. The molecule has 3 rings (SSSR count). The first-order valence-electron chi connectivity index (χ1n) is 7.70. The van der Waals surface area contributed by atoms with Gasteiger partial charge in [-0.15, -0.1) is 0 Å². The van der Waals surface area contributed by atoms with E-state index in [4.69, 9.17) is 25.7 Å². The van der Waals surface area contributed by atoms with Crippen LogP contribution in [-0.4, -0.2) is 8.42 Å². The van der Waals surface area contributed by atoms with Crippen LogP contribution < -0.4 is 0 Å². The molecule has 30 heavy (non-hydrogen) atoms. The van der Waals surface area contributed by atoms with E-state index >= 15 is 0 Å². The summed E-state index contributed by atoms with van der Waals surface area (Å²) in [5.74, 6) is -12.3. The van der Waals surface area contributed by atoms with E-state index in [9.17, 15) is 30.4 Å². The van der Waals surface area contributed by atoms with Crippen molar-refractivity contribution in [2.24, 2.45) is 0 Å². The van der Waals surface area contributed by atoms with Gasteiger partial charge in [0.15, 0.2) is 0 Å². The Hall–Kier alpha value is -1.47. The Kier molecular flexibility index (Phi) is 6.92. The van der Waals surface area contributed by atoms with E-state index in [-0.39, 0.29) is 0 Å². The SMILES string of the molecule is O=S(=O)(OI(c1ccc(Cl)cc1)c1ccc(Cl)cc1)c1c(F)c(F)c(F)c(F)c1F. The van der Waals surface area contributed by atoms with Crippen LogP contribution in [0.1, 0.15) is 0 Å². The third-order valence-electron chi connectivity index (χ3n) is 3.57. The molecule has 0 N–H and O–H groups in total. The molecule has 0 fully saturated rings. The van der Waals surface area contributed by atoms with Crippen LogP contribution in [0.2, 0.25) is 10.0 Å². The molecule has 0 radical (unpaired) electrons. The van der Waals surface area contributed by atoms with Crippen LogP contribution >= 0.6 is 43.4 Å². The Labute approximate surface area is 185 Å². The van der Waals surface area contributed by atoms with Gasteiger partial charge in [-0.1, -0.05) is 0 Å². The van der Waals surface area contributed by atoms with Gasteiger partial charge >= 0.3 is 186 Å². The molecule has 0 amide bonds. The molecule has 0 bridgehead atoms. The molecular weight excluding hydrogens is 589 g/mol. The fourth-order valence-corrected chi connectivity index (χ4v) is 9.40. The number of hydrogen-bond acceptors (Lipinski definition) is 3. The van der Waals surface area contributed by atoms with E-state index < -0.39 is 64.3 Å². The molecule has 12 heteroatoms. The Balaban J connectivity index is 2.15. The number of benzene rings is 3. The zero-order chi connectivity index (χ0) is 22.2. The van der Waals surface area contributed by atoms with Gasteiger partial charge in [0.25, 0.3) is 0 Å². The van der Waals surface area contributed by atoms with Crippen molar-refractivity contribution in [1.29, 1.82) is 0 Å². The van der Waals surface area contributed by atoms with Crippen molar-refractivity contribution in [3.63, 3.8) is 0 Å². The Morgan fingerprint density at radius 1 is 0.633 bits per heavy atom. The first-order chi connectivity index (χ1) is 14.0. The van der Waals surface area contributed by atoms with Crippen molar-refractivity contribution in [3.8, 4) is 0 Å². The predicted octanol–water partition coefficient (Wildman–Crippen LogP) is 6.56. The fraction of sp³-hybridized carbons (Fsp3) is 0. The van der Waals surface area contributed by atoms with Crippen molar-refractivity contribution in [2.45, 2.75) is 4.90 Å². The van der Waals surface area contributed by atoms with Crippen LogP contribution in [0.25, 0.3) is 0 Å². The van der Waals surface area contributed by atoms with Gasteiger partial charge in [-0.05, 0) is 0 Å². The van der Waals surface area contributed by atoms with Gasteiger partial charge < -0.3 is 0 Å². The molecule has 0 aromatic heterocycles. The van der Waals surface area contributed by atoms with Crippen LogP contribution in [0.15, 0.2) is 53.4 Å². The predicted molar refractivity (Wildman–Crippen MR) is 109 cm³/mol. The standard InChI is InChI=1S/C18H8Cl2F5IO3S/c19-9-1-5-11(6-2-9)26(12-7-3-10(20)4-8-12)29-30(27,28)18-16(24)14(22)13(21)15(23)17(18)25/h1-8H. The van der Waals surface area contributed by atoms with Crippen molar-refractivity contribution in [2.75, 3.05) is 0 Å². The summed E-state index contributed by atoms with van der Waals surface area (Å²) in [5.41, 5.74) is 0. The number of hydrogen-bond donors (Lipinski definition) is 0. The molecule has 0 aliphatic carbocycles. The van der Waals surface area contributed by atoms with Crippen molar-refractivity contribution in [1.82, 2.24) is 0 Å². The van der Waals surface area contributed by atoms with E-state index in [0.717, 1.165) is 0 Å². The summed E-state index contributed by atoms with van der Waals surface area (Å²) in [6, 6.07) is 11.5. The maximum atomic E-state index is 14.1. The minimum atomic E-state index is -5.39. The minimum absolute atomic E-state index is 0.327. The van der Waals surface area contributed by atoms with Crippen molar-refractivity contribution in [3.05, 3.63) is 94.8 Å². The van der Waals surface area contributed by atoms with Crippen LogP contribution in [0.5, 0.6) is 0 Å². The van der Waals surface area contributed by atoms with Crippen molar-refractivity contribution < 1.29 is 32.9 Å². The average Bonchev–Trinajstić information content (AvgIpc) is 2.70. The summed E-state index contributed by atoms with van der Waals surface area (Å²) in [5, 5.41) is 0.654. The van der Waals surface area contributed by atoms with Crippen molar-refractivity contribution >= 4 is 53.6 Å². The Morgan fingerprint density at radius 2 is 0.967 bits per heavy atom. The van der Waals surface area contributed by atoms with E-state index in [2.05, 4.69) is 0 Å². The van der Waals surface area contributed by atoms with Gasteiger partial charge in [0.2, 0.25) is 0 Å². The molecular formula is C18H8Cl2F5IO3S. The topological polar surface area (TPSA) is 43.4 Å². The summed E-state index contributed by atoms with van der Waals surface area (Å²) in [7, 11) is -5.39. The normalized spacial score (nSPS) is 12.2. The molecule has 3 nitrogen and oxygen atoms in total. The third kappa shape index (κ3) is 4.57. The molecule has 0 aliphatic rings. The first-order valence-corrected chi connectivity index (χ1v) is 12.9. The van der Waals surface area contributed by atoms with Crippen LogP contribution in [0.3, 0.4) is 0 Å².